The number of thioether (sulfide) groups is 1. The van der Waals surface area contributed by atoms with E-state index >= 15 is 0 Å². The summed E-state index contributed by atoms with van der Waals surface area (Å²) < 4.78 is 0. The summed E-state index contributed by atoms with van der Waals surface area (Å²) in [7, 11) is 0. The zero-order chi connectivity index (χ0) is 14.4. The first kappa shape index (κ1) is 14.7. The molecule has 0 amide bonds. The summed E-state index contributed by atoms with van der Waals surface area (Å²) >= 11 is 7.77. The molecule has 0 bridgehead atoms. The number of nitrogens with zero attached hydrogens (tertiary/aromatic N) is 2. The van der Waals surface area contributed by atoms with E-state index in [1.807, 2.05) is 36.4 Å². The van der Waals surface area contributed by atoms with Crippen molar-refractivity contribution in [1.29, 1.82) is 5.26 Å². The molecule has 0 saturated heterocycles. The van der Waals surface area contributed by atoms with Gasteiger partial charge in [-0.2, -0.15) is 17.0 Å². The second-order valence-electron chi connectivity index (χ2n) is 4.18. The number of aromatic nitrogens is 1. The highest BCUT2D eigenvalue weighted by molar-refractivity contribution is 7.98. The van der Waals surface area contributed by atoms with Crippen LogP contribution in [-0.4, -0.2) is 17.8 Å². The first-order valence-corrected chi connectivity index (χ1v) is 7.79. The van der Waals surface area contributed by atoms with Crippen LogP contribution in [0.25, 0.3) is 0 Å². The highest BCUT2D eigenvalue weighted by Gasteiger charge is 2.10. The van der Waals surface area contributed by atoms with E-state index in [9.17, 15) is 0 Å². The Morgan fingerprint density at radius 3 is 2.85 bits per heavy atom. The van der Waals surface area contributed by atoms with Crippen LogP contribution in [0.15, 0.2) is 42.5 Å². The molecule has 20 heavy (non-hydrogen) atoms. The van der Waals surface area contributed by atoms with Gasteiger partial charge in [0.2, 0.25) is 0 Å². The topological polar surface area (TPSA) is 48.7 Å². The number of nitriles is 1. The molecule has 1 unspecified atom stereocenters. The largest absolute Gasteiger partial charge is 0.369 e. The molecule has 3 nitrogen and oxygen atoms in total. The monoisotopic (exact) mass is 303 g/mol. The van der Waals surface area contributed by atoms with Gasteiger partial charge in [-0.25, -0.2) is 4.98 Å². The van der Waals surface area contributed by atoms with Gasteiger partial charge in [0.05, 0.1) is 0 Å². The molecule has 1 heterocycles. The minimum atomic E-state index is 0.279. The van der Waals surface area contributed by atoms with Crippen molar-refractivity contribution in [1.82, 2.24) is 4.98 Å². The van der Waals surface area contributed by atoms with Crippen LogP contribution in [0.2, 0.25) is 5.02 Å². The number of halogens is 1. The van der Waals surface area contributed by atoms with Crippen molar-refractivity contribution < 1.29 is 0 Å². The molecule has 2 aromatic rings. The van der Waals surface area contributed by atoms with Crippen LogP contribution >= 0.6 is 23.4 Å². The molecule has 0 radical (unpaired) electrons. The maximum atomic E-state index is 8.84. The number of pyridine rings is 1. The predicted octanol–water partition coefficient (Wildman–Crippen LogP) is 4.12. The quantitative estimate of drug-likeness (QED) is 0.902. The molecule has 1 aromatic carbocycles. The Balaban J connectivity index is 2.06. The van der Waals surface area contributed by atoms with Crippen LogP contribution in [-0.2, 0) is 0 Å². The lowest BCUT2D eigenvalue weighted by Crippen LogP contribution is -2.11. The van der Waals surface area contributed by atoms with Crippen LogP contribution in [0, 0.1) is 11.3 Å². The molecule has 2 rings (SSSR count). The number of hydrogen-bond acceptors (Lipinski definition) is 4. The molecule has 0 saturated carbocycles. The van der Waals surface area contributed by atoms with E-state index in [1.165, 1.54) is 5.56 Å². The number of rotatable bonds is 5. The van der Waals surface area contributed by atoms with Gasteiger partial charge in [0.15, 0.2) is 0 Å². The molecule has 5 heteroatoms. The third-order valence-electron chi connectivity index (χ3n) is 2.84. The molecule has 102 valence electrons. The van der Waals surface area contributed by atoms with Crippen molar-refractivity contribution in [3.8, 4) is 6.07 Å². The number of benzene rings is 1. The average molecular weight is 304 g/mol. The molecule has 0 aliphatic rings. The number of anilines is 1. The summed E-state index contributed by atoms with van der Waals surface area (Å²) in [4.78, 5) is 4.20. The lowest BCUT2D eigenvalue weighted by atomic mass is 10.1. The van der Waals surface area contributed by atoms with E-state index in [4.69, 9.17) is 16.9 Å². The van der Waals surface area contributed by atoms with Gasteiger partial charge < -0.3 is 5.32 Å². The zero-order valence-electron chi connectivity index (χ0n) is 11.0. The fourth-order valence-corrected chi connectivity index (χ4v) is 2.70. The Morgan fingerprint density at radius 1 is 1.35 bits per heavy atom. The highest BCUT2D eigenvalue weighted by Crippen LogP contribution is 2.28. The predicted molar refractivity (Wildman–Crippen MR) is 85.1 cm³/mol. The van der Waals surface area contributed by atoms with Gasteiger partial charge in [-0.1, -0.05) is 29.8 Å². The number of hydrogen-bond donors (Lipinski definition) is 1. The summed E-state index contributed by atoms with van der Waals surface area (Å²) in [6.07, 6.45) is 2.06. The Bertz CT molecular complexity index is 625. The normalized spacial score (nSPS) is 11.7. The SMILES string of the molecule is CSC(CNc1cccc(C#N)n1)c1cccc(Cl)c1. The van der Waals surface area contributed by atoms with Crippen LogP contribution < -0.4 is 5.32 Å². The van der Waals surface area contributed by atoms with Crippen molar-refractivity contribution >= 4 is 29.2 Å². The van der Waals surface area contributed by atoms with E-state index in [0.717, 1.165) is 11.6 Å². The van der Waals surface area contributed by atoms with Gasteiger partial charge >= 0.3 is 0 Å². The van der Waals surface area contributed by atoms with Crippen molar-refractivity contribution in [2.24, 2.45) is 0 Å². The van der Waals surface area contributed by atoms with Gasteiger partial charge in [0, 0.05) is 16.8 Å². The molecule has 1 N–H and O–H groups in total. The maximum absolute atomic E-state index is 8.84. The summed E-state index contributed by atoms with van der Waals surface area (Å²) in [6.45, 7) is 0.726. The fraction of sp³-hybridized carbons (Fsp3) is 0.200. The summed E-state index contributed by atoms with van der Waals surface area (Å²) in [5.41, 5.74) is 1.59. The van der Waals surface area contributed by atoms with Gasteiger partial charge in [-0.15, -0.1) is 0 Å². The third-order valence-corrected chi connectivity index (χ3v) is 4.08. The average Bonchev–Trinajstić information content (AvgIpc) is 2.48. The van der Waals surface area contributed by atoms with Crippen molar-refractivity contribution in [2.45, 2.75) is 5.25 Å². The van der Waals surface area contributed by atoms with Gasteiger partial charge in [-0.05, 0) is 36.1 Å². The van der Waals surface area contributed by atoms with E-state index in [0.29, 0.717) is 11.5 Å². The molecule has 0 aliphatic heterocycles. The molecule has 1 atom stereocenters. The lowest BCUT2D eigenvalue weighted by Gasteiger charge is -2.16. The molecule has 0 fully saturated rings. The van der Waals surface area contributed by atoms with Crippen LogP contribution in [0.4, 0.5) is 5.82 Å². The first-order valence-electron chi connectivity index (χ1n) is 6.12. The van der Waals surface area contributed by atoms with E-state index < -0.39 is 0 Å². The Morgan fingerprint density at radius 2 is 2.15 bits per heavy atom. The van der Waals surface area contributed by atoms with Crippen molar-refractivity contribution in [2.75, 3.05) is 18.1 Å². The first-order chi connectivity index (χ1) is 9.72. The van der Waals surface area contributed by atoms with E-state index in [1.54, 1.807) is 17.8 Å². The third kappa shape index (κ3) is 3.89. The Hall–Kier alpha value is -1.70. The van der Waals surface area contributed by atoms with Crippen molar-refractivity contribution in [3.63, 3.8) is 0 Å². The molecule has 0 spiro atoms. The Kier molecular flexibility index (Phi) is 5.28. The lowest BCUT2D eigenvalue weighted by molar-refractivity contribution is 0.980. The van der Waals surface area contributed by atoms with Crippen LogP contribution in [0.1, 0.15) is 16.5 Å². The second kappa shape index (κ2) is 7.18. The molecular formula is C15H14ClN3S. The van der Waals surface area contributed by atoms with Crippen molar-refractivity contribution in [3.05, 3.63) is 58.7 Å². The van der Waals surface area contributed by atoms with Crippen LogP contribution in [0.3, 0.4) is 0 Å². The van der Waals surface area contributed by atoms with E-state index in [2.05, 4.69) is 22.6 Å². The molecule has 1 aromatic heterocycles. The molecule has 0 aliphatic carbocycles. The standard InChI is InChI=1S/C15H14ClN3S/c1-20-14(11-4-2-5-12(16)8-11)10-18-15-7-3-6-13(9-17)19-15/h2-8,14H,10H2,1H3,(H,18,19). The summed E-state index contributed by atoms with van der Waals surface area (Å²) in [5.74, 6) is 0.713. The highest BCUT2D eigenvalue weighted by atomic mass is 35.5. The fourth-order valence-electron chi connectivity index (χ4n) is 1.84. The van der Waals surface area contributed by atoms with Gasteiger partial charge in [0.25, 0.3) is 0 Å². The second-order valence-corrected chi connectivity index (χ2v) is 5.66. The smallest absolute Gasteiger partial charge is 0.142 e. The summed E-state index contributed by atoms with van der Waals surface area (Å²) in [5, 5.41) is 13.1. The zero-order valence-corrected chi connectivity index (χ0v) is 12.6. The molecular weight excluding hydrogens is 290 g/mol. The maximum Gasteiger partial charge on any atom is 0.142 e. The minimum absolute atomic E-state index is 0.279. The van der Waals surface area contributed by atoms with Gasteiger partial charge in [-0.3, -0.25) is 0 Å². The van der Waals surface area contributed by atoms with Crippen LogP contribution in [0.5, 0.6) is 0 Å². The number of nitrogens with one attached hydrogen (secondary N) is 1. The Labute approximate surface area is 128 Å². The summed E-state index contributed by atoms with van der Waals surface area (Å²) in [6, 6.07) is 15.3. The van der Waals surface area contributed by atoms with E-state index in [-0.39, 0.29) is 5.25 Å². The van der Waals surface area contributed by atoms with Gasteiger partial charge in [0.1, 0.15) is 17.6 Å². The minimum Gasteiger partial charge on any atom is -0.369 e.